The zero-order valence-electron chi connectivity index (χ0n) is 18.1. The topological polar surface area (TPSA) is 60.5 Å². The van der Waals surface area contributed by atoms with Crippen LogP contribution in [0.15, 0.2) is 47.8 Å². The number of rotatable bonds is 8. The third-order valence-corrected chi connectivity index (χ3v) is 5.74. The standard InChI is InChI=1S/C24H28N2O3S/c1-15(2)21-11-6-16(3)12-22(21)29-17(4)23(27)25-13-19-14-30-24(26-19)18-7-9-20(28-5)10-8-18/h6-12,14-15,17H,13H2,1-5H3,(H,25,27)/t17-/m0/s1. The Morgan fingerprint density at radius 3 is 2.53 bits per heavy atom. The van der Waals surface area contributed by atoms with Gasteiger partial charge >= 0.3 is 0 Å². The summed E-state index contributed by atoms with van der Waals surface area (Å²) in [6.07, 6.45) is -0.594. The van der Waals surface area contributed by atoms with E-state index in [2.05, 4.69) is 36.3 Å². The van der Waals surface area contributed by atoms with Gasteiger partial charge in [-0.25, -0.2) is 4.98 Å². The maximum atomic E-state index is 12.6. The molecule has 3 aromatic rings. The van der Waals surface area contributed by atoms with Gasteiger partial charge in [-0.2, -0.15) is 0 Å². The van der Waals surface area contributed by atoms with Crippen molar-refractivity contribution in [1.29, 1.82) is 0 Å². The number of thiazole rings is 1. The molecular formula is C24H28N2O3S. The number of carbonyl (C=O) groups excluding carboxylic acids is 1. The lowest BCUT2D eigenvalue weighted by Gasteiger charge is -2.19. The van der Waals surface area contributed by atoms with E-state index in [4.69, 9.17) is 9.47 Å². The van der Waals surface area contributed by atoms with Gasteiger partial charge < -0.3 is 14.8 Å². The molecule has 0 unspecified atom stereocenters. The Kier molecular flexibility index (Phi) is 7.11. The summed E-state index contributed by atoms with van der Waals surface area (Å²) >= 11 is 1.55. The molecule has 0 fully saturated rings. The summed E-state index contributed by atoms with van der Waals surface area (Å²) in [4.78, 5) is 17.2. The van der Waals surface area contributed by atoms with Crippen LogP contribution in [0.25, 0.3) is 10.6 Å². The summed E-state index contributed by atoms with van der Waals surface area (Å²) in [5.41, 5.74) is 4.06. The van der Waals surface area contributed by atoms with Gasteiger partial charge in [-0.3, -0.25) is 4.79 Å². The van der Waals surface area contributed by atoms with Crippen LogP contribution < -0.4 is 14.8 Å². The number of carbonyl (C=O) groups is 1. The Morgan fingerprint density at radius 2 is 1.87 bits per heavy atom. The van der Waals surface area contributed by atoms with E-state index in [0.717, 1.165) is 38.9 Å². The van der Waals surface area contributed by atoms with Crippen molar-refractivity contribution in [3.05, 3.63) is 64.7 Å². The molecule has 5 nitrogen and oxygen atoms in total. The Balaban J connectivity index is 1.59. The third-order valence-electron chi connectivity index (χ3n) is 4.80. The number of ether oxygens (including phenoxy) is 2. The molecule has 1 N–H and O–H groups in total. The first-order valence-corrected chi connectivity index (χ1v) is 10.9. The zero-order chi connectivity index (χ0) is 21.7. The fraction of sp³-hybridized carbons (Fsp3) is 0.333. The number of hydrogen-bond donors (Lipinski definition) is 1. The van der Waals surface area contributed by atoms with Crippen molar-refractivity contribution >= 4 is 17.2 Å². The minimum absolute atomic E-state index is 0.162. The molecule has 0 aliphatic rings. The van der Waals surface area contributed by atoms with Crippen molar-refractivity contribution in [3.8, 4) is 22.1 Å². The lowest BCUT2D eigenvalue weighted by Crippen LogP contribution is -2.36. The normalized spacial score (nSPS) is 11.9. The van der Waals surface area contributed by atoms with Crippen molar-refractivity contribution in [2.24, 2.45) is 0 Å². The van der Waals surface area contributed by atoms with Gasteiger partial charge in [0.1, 0.15) is 16.5 Å². The summed E-state index contributed by atoms with van der Waals surface area (Å²) in [5, 5.41) is 5.80. The molecule has 6 heteroatoms. The Labute approximate surface area is 182 Å². The Morgan fingerprint density at radius 1 is 1.13 bits per heavy atom. The maximum absolute atomic E-state index is 12.6. The highest BCUT2D eigenvalue weighted by Crippen LogP contribution is 2.28. The summed E-state index contributed by atoms with van der Waals surface area (Å²) in [6.45, 7) is 8.38. The number of benzene rings is 2. The van der Waals surface area contributed by atoms with Gasteiger partial charge in [-0.15, -0.1) is 11.3 Å². The first-order valence-electron chi connectivity index (χ1n) is 10.0. The highest BCUT2D eigenvalue weighted by atomic mass is 32.1. The number of amides is 1. The fourth-order valence-corrected chi connectivity index (χ4v) is 3.87. The molecule has 0 radical (unpaired) electrons. The van der Waals surface area contributed by atoms with Crippen molar-refractivity contribution in [3.63, 3.8) is 0 Å². The highest BCUT2D eigenvalue weighted by Gasteiger charge is 2.18. The molecule has 1 amide bonds. The minimum Gasteiger partial charge on any atom is -0.497 e. The van der Waals surface area contributed by atoms with Crippen molar-refractivity contribution < 1.29 is 14.3 Å². The van der Waals surface area contributed by atoms with Crippen LogP contribution in [0, 0.1) is 6.92 Å². The summed E-state index contributed by atoms with van der Waals surface area (Å²) in [6, 6.07) is 13.9. The molecular weight excluding hydrogens is 396 g/mol. The van der Waals surface area contributed by atoms with E-state index < -0.39 is 6.10 Å². The highest BCUT2D eigenvalue weighted by molar-refractivity contribution is 7.13. The van der Waals surface area contributed by atoms with Gasteiger partial charge in [-0.1, -0.05) is 26.0 Å². The van der Waals surface area contributed by atoms with E-state index in [9.17, 15) is 4.79 Å². The van der Waals surface area contributed by atoms with Crippen LogP contribution in [0.4, 0.5) is 0 Å². The van der Waals surface area contributed by atoms with Crippen molar-refractivity contribution in [2.45, 2.75) is 46.3 Å². The summed E-state index contributed by atoms with van der Waals surface area (Å²) in [5.74, 6) is 1.74. The average molecular weight is 425 g/mol. The van der Waals surface area contributed by atoms with Crippen molar-refractivity contribution in [2.75, 3.05) is 7.11 Å². The molecule has 0 aliphatic carbocycles. The number of aryl methyl sites for hydroxylation is 1. The summed E-state index contributed by atoms with van der Waals surface area (Å²) < 4.78 is 11.2. The van der Waals surface area contributed by atoms with Gasteiger partial charge in [0.15, 0.2) is 6.10 Å². The molecule has 0 spiro atoms. The van der Waals surface area contributed by atoms with Crippen LogP contribution in [0.2, 0.25) is 0 Å². The third kappa shape index (κ3) is 5.39. The quantitative estimate of drug-likeness (QED) is 0.531. The van der Waals surface area contributed by atoms with E-state index in [0.29, 0.717) is 12.5 Å². The second kappa shape index (κ2) is 9.76. The number of nitrogens with zero attached hydrogens (tertiary/aromatic N) is 1. The number of methoxy groups -OCH3 is 1. The monoisotopic (exact) mass is 424 g/mol. The average Bonchev–Trinajstić information content (AvgIpc) is 3.21. The van der Waals surface area contributed by atoms with Crippen LogP contribution in [0.3, 0.4) is 0 Å². The minimum atomic E-state index is -0.594. The van der Waals surface area contributed by atoms with Gasteiger partial charge in [-0.05, 0) is 61.2 Å². The first-order chi connectivity index (χ1) is 14.4. The van der Waals surface area contributed by atoms with Crippen molar-refractivity contribution in [1.82, 2.24) is 10.3 Å². The molecule has 1 atom stereocenters. The predicted octanol–water partition coefficient (Wildman–Crippen LogP) is 5.33. The molecule has 1 heterocycles. The lowest BCUT2D eigenvalue weighted by molar-refractivity contribution is -0.127. The smallest absolute Gasteiger partial charge is 0.261 e. The van der Waals surface area contributed by atoms with Gasteiger partial charge in [0.25, 0.3) is 5.91 Å². The number of aromatic nitrogens is 1. The maximum Gasteiger partial charge on any atom is 0.261 e. The van der Waals surface area contributed by atoms with E-state index in [1.165, 1.54) is 0 Å². The molecule has 158 valence electrons. The van der Waals surface area contributed by atoms with Crippen LogP contribution in [0.1, 0.15) is 43.5 Å². The lowest BCUT2D eigenvalue weighted by atomic mass is 10.0. The van der Waals surface area contributed by atoms with Gasteiger partial charge in [0.2, 0.25) is 0 Å². The van der Waals surface area contributed by atoms with Crippen LogP contribution in [-0.4, -0.2) is 24.1 Å². The predicted molar refractivity (Wildman–Crippen MR) is 121 cm³/mol. The molecule has 1 aromatic heterocycles. The molecule has 0 bridgehead atoms. The Hall–Kier alpha value is -2.86. The fourth-order valence-electron chi connectivity index (χ4n) is 3.04. The van der Waals surface area contributed by atoms with E-state index in [1.807, 2.05) is 42.6 Å². The molecule has 0 saturated carbocycles. The number of hydrogen-bond acceptors (Lipinski definition) is 5. The summed E-state index contributed by atoms with van der Waals surface area (Å²) in [7, 11) is 1.65. The molecule has 0 saturated heterocycles. The van der Waals surface area contributed by atoms with Crippen LogP contribution in [-0.2, 0) is 11.3 Å². The van der Waals surface area contributed by atoms with E-state index in [-0.39, 0.29) is 5.91 Å². The van der Waals surface area contributed by atoms with E-state index >= 15 is 0 Å². The largest absolute Gasteiger partial charge is 0.497 e. The second-order valence-electron chi connectivity index (χ2n) is 7.55. The van der Waals surface area contributed by atoms with Gasteiger partial charge in [0.05, 0.1) is 19.3 Å². The second-order valence-corrected chi connectivity index (χ2v) is 8.40. The van der Waals surface area contributed by atoms with Crippen LogP contribution in [0.5, 0.6) is 11.5 Å². The molecule has 30 heavy (non-hydrogen) atoms. The molecule has 0 aliphatic heterocycles. The molecule has 3 rings (SSSR count). The number of nitrogens with one attached hydrogen (secondary N) is 1. The van der Waals surface area contributed by atoms with Gasteiger partial charge in [0, 0.05) is 10.9 Å². The first kappa shape index (κ1) is 21.8. The van der Waals surface area contributed by atoms with E-state index in [1.54, 1.807) is 25.4 Å². The SMILES string of the molecule is COc1ccc(-c2nc(CNC(=O)[C@H](C)Oc3cc(C)ccc3C(C)C)cs2)cc1. The zero-order valence-corrected chi connectivity index (χ0v) is 18.9. The Bertz CT molecular complexity index is 996. The molecule has 2 aromatic carbocycles. The van der Waals surface area contributed by atoms with Crippen LogP contribution >= 0.6 is 11.3 Å².